The van der Waals surface area contributed by atoms with E-state index in [-0.39, 0.29) is 11.7 Å². The van der Waals surface area contributed by atoms with Crippen molar-refractivity contribution in [1.82, 2.24) is 10.3 Å². The van der Waals surface area contributed by atoms with Crippen LogP contribution in [0.5, 0.6) is 0 Å². The summed E-state index contributed by atoms with van der Waals surface area (Å²) >= 11 is 1.75. The van der Waals surface area contributed by atoms with Crippen LogP contribution in [0.2, 0.25) is 0 Å². The van der Waals surface area contributed by atoms with E-state index >= 15 is 0 Å². The molecule has 1 amide bonds. The standard InChI is InChI=1S/C22H23N3OS/c1-3-17-13-19(9-6-15(17)2)27-18-10-7-16(8-11-18)14-25-22(26)20-5-4-12-24-21(20)23/h4-13H,3,14H2,1-2H3,(H2,23,24)(H,25,26). The van der Waals surface area contributed by atoms with E-state index in [1.54, 1.807) is 30.1 Å². The number of nitrogens with zero attached hydrogens (tertiary/aromatic N) is 1. The summed E-state index contributed by atoms with van der Waals surface area (Å²) in [6.45, 7) is 4.77. The number of amides is 1. The van der Waals surface area contributed by atoms with Gasteiger partial charge in [-0.05, 0) is 66.4 Å². The van der Waals surface area contributed by atoms with Crippen LogP contribution in [0, 0.1) is 6.92 Å². The molecule has 0 unspecified atom stereocenters. The van der Waals surface area contributed by atoms with Crippen LogP contribution in [0.15, 0.2) is 70.6 Å². The highest BCUT2D eigenvalue weighted by molar-refractivity contribution is 7.99. The van der Waals surface area contributed by atoms with Crippen molar-refractivity contribution < 1.29 is 4.79 Å². The molecule has 1 aromatic heterocycles. The number of nitrogen functional groups attached to an aromatic ring is 1. The molecule has 0 spiro atoms. The SMILES string of the molecule is CCc1cc(Sc2ccc(CNC(=O)c3cccnc3N)cc2)ccc1C. The molecule has 2 aromatic carbocycles. The van der Waals surface area contributed by atoms with Crippen LogP contribution < -0.4 is 11.1 Å². The fraction of sp³-hybridized carbons (Fsp3) is 0.182. The second-order valence-electron chi connectivity index (χ2n) is 6.31. The number of nitrogens with one attached hydrogen (secondary N) is 1. The maximum atomic E-state index is 12.2. The van der Waals surface area contributed by atoms with Gasteiger partial charge in [-0.1, -0.05) is 36.9 Å². The minimum atomic E-state index is -0.217. The Kier molecular flexibility index (Phi) is 6.14. The molecule has 4 nitrogen and oxygen atoms in total. The predicted molar refractivity (Wildman–Crippen MR) is 111 cm³/mol. The number of carbonyl (C=O) groups is 1. The van der Waals surface area contributed by atoms with Crippen molar-refractivity contribution in [1.29, 1.82) is 0 Å². The highest BCUT2D eigenvalue weighted by Crippen LogP contribution is 2.29. The number of aromatic nitrogens is 1. The molecule has 0 radical (unpaired) electrons. The molecule has 0 bridgehead atoms. The molecule has 0 fully saturated rings. The molecule has 3 rings (SSSR count). The van der Waals surface area contributed by atoms with Crippen LogP contribution in [-0.4, -0.2) is 10.9 Å². The summed E-state index contributed by atoms with van der Waals surface area (Å²) in [7, 11) is 0. The Hall–Kier alpha value is -2.79. The van der Waals surface area contributed by atoms with Crippen molar-refractivity contribution >= 4 is 23.5 Å². The lowest BCUT2D eigenvalue weighted by Crippen LogP contribution is -2.24. The lowest BCUT2D eigenvalue weighted by Gasteiger charge is -2.09. The Morgan fingerprint density at radius 1 is 1.11 bits per heavy atom. The molecular formula is C22H23N3OS. The number of rotatable bonds is 6. The van der Waals surface area contributed by atoms with Crippen LogP contribution in [0.3, 0.4) is 0 Å². The number of aryl methyl sites for hydroxylation is 2. The van der Waals surface area contributed by atoms with Gasteiger partial charge in [0, 0.05) is 22.5 Å². The van der Waals surface area contributed by atoms with Crippen LogP contribution in [0.1, 0.15) is 34.0 Å². The summed E-state index contributed by atoms with van der Waals surface area (Å²) in [4.78, 5) is 18.6. The minimum absolute atomic E-state index is 0.217. The van der Waals surface area contributed by atoms with Gasteiger partial charge in [0.1, 0.15) is 5.82 Å². The summed E-state index contributed by atoms with van der Waals surface area (Å²) in [5, 5.41) is 2.88. The topological polar surface area (TPSA) is 68.0 Å². The summed E-state index contributed by atoms with van der Waals surface area (Å²) in [6, 6.07) is 18.2. The van der Waals surface area contributed by atoms with Crippen LogP contribution in [0.25, 0.3) is 0 Å². The molecule has 138 valence electrons. The molecule has 5 heteroatoms. The quantitative estimate of drug-likeness (QED) is 0.658. The first-order chi connectivity index (χ1) is 13.1. The van der Waals surface area contributed by atoms with Gasteiger partial charge in [-0.2, -0.15) is 0 Å². The van der Waals surface area contributed by atoms with Gasteiger partial charge in [0.2, 0.25) is 0 Å². The second kappa shape index (κ2) is 8.73. The second-order valence-corrected chi connectivity index (χ2v) is 7.45. The Morgan fingerprint density at radius 3 is 2.56 bits per heavy atom. The Morgan fingerprint density at radius 2 is 1.85 bits per heavy atom. The first kappa shape index (κ1) is 19.0. The summed E-state index contributed by atoms with van der Waals surface area (Å²) in [5.41, 5.74) is 9.89. The van der Waals surface area contributed by atoms with E-state index < -0.39 is 0 Å². The Bertz CT molecular complexity index is 939. The van der Waals surface area contributed by atoms with E-state index in [0.29, 0.717) is 12.1 Å². The maximum Gasteiger partial charge on any atom is 0.255 e. The van der Waals surface area contributed by atoms with Gasteiger partial charge in [0.05, 0.1) is 5.56 Å². The summed E-state index contributed by atoms with van der Waals surface area (Å²) < 4.78 is 0. The van der Waals surface area contributed by atoms with Crippen molar-refractivity contribution in [3.8, 4) is 0 Å². The number of hydrogen-bond donors (Lipinski definition) is 2. The lowest BCUT2D eigenvalue weighted by atomic mass is 10.1. The van der Waals surface area contributed by atoms with Crippen molar-refractivity contribution in [2.45, 2.75) is 36.6 Å². The average molecular weight is 378 g/mol. The molecule has 0 saturated carbocycles. The summed E-state index contributed by atoms with van der Waals surface area (Å²) in [5.74, 6) is 0.0251. The zero-order valence-electron chi connectivity index (χ0n) is 15.5. The highest BCUT2D eigenvalue weighted by atomic mass is 32.2. The number of pyridine rings is 1. The van der Waals surface area contributed by atoms with Gasteiger partial charge in [-0.15, -0.1) is 0 Å². The fourth-order valence-corrected chi connectivity index (χ4v) is 3.67. The molecule has 27 heavy (non-hydrogen) atoms. The van der Waals surface area contributed by atoms with Gasteiger partial charge in [0.15, 0.2) is 0 Å². The molecule has 3 N–H and O–H groups in total. The van der Waals surface area contributed by atoms with Crippen molar-refractivity contribution in [3.05, 3.63) is 83.0 Å². The predicted octanol–water partition coefficient (Wildman–Crippen LogP) is 4.62. The van der Waals surface area contributed by atoms with Gasteiger partial charge in [0.25, 0.3) is 5.91 Å². The summed E-state index contributed by atoms with van der Waals surface area (Å²) in [6.07, 6.45) is 2.61. The van der Waals surface area contributed by atoms with E-state index in [1.165, 1.54) is 20.9 Å². The lowest BCUT2D eigenvalue weighted by molar-refractivity contribution is 0.0951. The first-order valence-electron chi connectivity index (χ1n) is 8.92. The molecule has 0 aliphatic carbocycles. The highest BCUT2D eigenvalue weighted by Gasteiger charge is 2.09. The Balaban J connectivity index is 1.60. The van der Waals surface area contributed by atoms with Gasteiger partial charge >= 0.3 is 0 Å². The van der Waals surface area contributed by atoms with Crippen LogP contribution in [-0.2, 0) is 13.0 Å². The monoisotopic (exact) mass is 377 g/mol. The zero-order valence-corrected chi connectivity index (χ0v) is 16.3. The normalized spacial score (nSPS) is 10.6. The molecule has 0 aliphatic heterocycles. The number of nitrogens with two attached hydrogens (primary N) is 1. The van der Waals surface area contributed by atoms with Gasteiger partial charge in [-0.3, -0.25) is 4.79 Å². The minimum Gasteiger partial charge on any atom is -0.383 e. The molecule has 0 saturated heterocycles. The smallest absolute Gasteiger partial charge is 0.255 e. The van der Waals surface area contributed by atoms with Crippen LogP contribution in [0.4, 0.5) is 5.82 Å². The van der Waals surface area contributed by atoms with Gasteiger partial charge in [-0.25, -0.2) is 4.98 Å². The first-order valence-corrected chi connectivity index (χ1v) is 9.73. The number of hydrogen-bond acceptors (Lipinski definition) is 4. The number of benzene rings is 2. The third-order valence-electron chi connectivity index (χ3n) is 4.40. The number of anilines is 1. The van der Waals surface area contributed by atoms with E-state index in [4.69, 9.17) is 5.73 Å². The van der Waals surface area contributed by atoms with Crippen molar-refractivity contribution in [2.24, 2.45) is 0 Å². The van der Waals surface area contributed by atoms with Gasteiger partial charge < -0.3 is 11.1 Å². The Labute approximate surface area is 164 Å². The van der Waals surface area contributed by atoms with Crippen LogP contribution >= 0.6 is 11.8 Å². The largest absolute Gasteiger partial charge is 0.383 e. The van der Waals surface area contributed by atoms with E-state index in [0.717, 1.165) is 12.0 Å². The molecule has 1 heterocycles. The van der Waals surface area contributed by atoms with E-state index in [9.17, 15) is 4.79 Å². The molecule has 0 aliphatic rings. The zero-order chi connectivity index (χ0) is 19.2. The van der Waals surface area contributed by atoms with E-state index in [2.05, 4.69) is 54.5 Å². The third kappa shape index (κ3) is 4.89. The van der Waals surface area contributed by atoms with Crippen molar-refractivity contribution in [3.63, 3.8) is 0 Å². The molecule has 3 aromatic rings. The van der Waals surface area contributed by atoms with Crippen molar-refractivity contribution in [2.75, 3.05) is 5.73 Å². The van der Waals surface area contributed by atoms with E-state index in [1.807, 2.05) is 12.1 Å². The number of carbonyl (C=O) groups excluding carboxylic acids is 1. The molecular weight excluding hydrogens is 354 g/mol. The fourth-order valence-electron chi connectivity index (χ4n) is 2.79. The third-order valence-corrected chi connectivity index (χ3v) is 5.39. The molecule has 0 atom stereocenters. The average Bonchev–Trinajstić information content (AvgIpc) is 2.69. The maximum absolute atomic E-state index is 12.2.